The lowest BCUT2D eigenvalue weighted by Crippen LogP contribution is -2.24. The fourth-order valence-corrected chi connectivity index (χ4v) is 3.14. The summed E-state index contributed by atoms with van der Waals surface area (Å²) in [7, 11) is 0. The first-order valence-corrected chi connectivity index (χ1v) is 7.91. The molecule has 0 saturated carbocycles. The third-order valence-electron chi connectivity index (χ3n) is 3.87. The maximum Gasteiger partial charge on any atom is 0.127 e. The van der Waals surface area contributed by atoms with Crippen LogP contribution in [0.1, 0.15) is 36.1 Å². The Hall–Kier alpha value is -1.51. The summed E-state index contributed by atoms with van der Waals surface area (Å²) in [5, 5.41) is 4.32. The second-order valence-electron chi connectivity index (χ2n) is 5.33. The summed E-state index contributed by atoms with van der Waals surface area (Å²) < 4.78 is 5.96. The van der Waals surface area contributed by atoms with Gasteiger partial charge >= 0.3 is 0 Å². The first kappa shape index (κ1) is 14.4. The maximum atomic E-state index is 6.16. The number of halogens is 1. The maximum absolute atomic E-state index is 6.16. The van der Waals surface area contributed by atoms with Crippen LogP contribution < -0.4 is 10.1 Å². The molecule has 0 amide bonds. The van der Waals surface area contributed by atoms with E-state index in [-0.39, 0.29) is 6.04 Å². The fraction of sp³-hybridized carbons (Fsp3) is 0.333. The molecule has 2 aromatic carbocycles. The number of hydrogen-bond acceptors (Lipinski definition) is 2. The minimum absolute atomic E-state index is 0.113. The van der Waals surface area contributed by atoms with Gasteiger partial charge in [0.1, 0.15) is 5.75 Å². The zero-order chi connectivity index (χ0) is 14.7. The summed E-state index contributed by atoms with van der Waals surface area (Å²) in [6, 6.07) is 14.6. The number of aryl methyl sites for hydroxylation is 1. The Labute approximate surface area is 131 Å². The van der Waals surface area contributed by atoms with Crippen LogP contribution in [0.15, 0.2) is 42.5 Å². The third-order valence-corrected chi connectivity index (χ3v) is 4.10. The Kier molecular flexibility index (Phi) is 4.47. The minimum Gasteiger partial charge on any atom is -0.493 e. The molecule has 0 aromatic heterocycles. The predicted octanol–water partition coefficient (Wildman–Crippen LogP) is 4.36. The number of para-hydroxylation sites is 1. The summed E-state index contributed by atoms with van der Waals surface area (Å²) in [6.07, 6.45) is 2.19. The Morgan fingerprint density at radius 3 is 2.90 bits per heavy atom. The minimum atomic E-state index is 0.113. The van der Waals surface area contributed by atoms with Crippen molar-refractivity contribution in [2.45, 2.75) is 25.8 Å². The number of nitrogens with one attached hydrogen (secondary N) is 1. The van der Waals surface area contributed by atoms with Crippen molar-refractivity contribution in [2.75, 3.05) is 13.2 Å². The molecule has 1 heterocycles. The van der Waals surface area contributed by atoms with Crippen LogP contribution in [0.2, 0.25) is 5.02 Å². The number of benzene rings is 2. The quantitative estimate of drug-likeness (QED) is 0.906. The topological polar surface area (TPSA) is 21.3 Å². The Morgan fingerprint density at radius 1 is 1.24 bits per heavy atom. The van der Waals surface area contributed by atoms with Gasteiger partial charge in [0.05, 0.1) is 12.6 Å². The van der Waals surface area contributed by atoms with Gasteiger partial charge in [-0.25, -0.2) is 0 Å². The van der Waals surface area contributed by atoms with Crippen molar-refractivity contribution < 1.29 is 4.74 Å². The van der Waals surface area contributed by atoms with Crippen molar-refractivity contribution in [3.8, 4) is 5.75 Å². The SMILES string of the molecule is CCNC(c1cccc(Cl)c1)c1cccc2c1OCCC2. The average Bonchev–Trinajstić information content (AvgIpc) is 2.52. The van der Waals surface area contributed by atoms with Crippen LogP contribution in [0.25, 0.3) is 0 Å². The van der Waals surface area contributed by atoms with Gasteiger partial charge in [-0.2, -0.15) is 0 Å². The highest BCUT2D eigenvalue weighted by Crippen LogP contribution is 2.36. The first-order chi connectivity index (χ1) is 10.3. The highest BCUT2D eigenvalue weighted by atomic mass is 35.5. The average molecular weight is 302 g/mol. The summed E-state index contributed by atoms with van der Waals surface area (Å²) in [5.41, 5.74) is 3.69. The van der Waals surface area contributed by atoms with E-state index in [1.54, 1.807) is 0 Å². The van der Waals surface area contributed by atoms with Gasteiger partial charge in [-0.05, 0) is 42.6 Å². The molecular weight excluding hydrogens is 282 g/mol. The molecule has 0 saturated heterocycles. The molecule has 1 aliphatic rings. The van der Waals surface area contributed by atoms with Gasteiger partial charge in [0.25, 0.3) is 0 Å². The van der Waals surface area contributed by atoms with Gasteiger partial charge in [-0.3, -0.25) is 0 Å². The molecule has 0 aliphatic carbocycles. The molecule has 1 N–H and O–H groups in total. The van der Waals surface area contributed by atoms with Gasteiger partial charge < -0.3 is 10.1 Å². The van der Waals surface area contributed by atoms with Gasteiger partial charge in [0, 0.05) is 10.6 Å². The molecule has 1 aliphatic heterocycles. The Morgan fingerprint density at radius 2 is 2.10 bits per heavy atom. The molecule has 0 spiro atoms. The number of fused-ring (bicyclic) bond motifs is 1. The van der Waals surface area contributed by atoms with Crippen molar-refractivity contribution >= 4 is 11.6 Å². The van der Waals surface area contributed by atoms with E-state index in [0.29, 0.717) is 0 Å². The molecule has 0 radical (unpaired) electrons. The fourth-order valence-electron chi connectivity index (χ4n) is 2.94. The molecule has 2 aromatic rings. The smallest absolute Gasteiger partial charge is 0.127 e. The van der Waals surface area contributed by atoms with Crippen LogP contribution in [0.3, 0.4) is 0 Å². The molecule has 0 fully saturated rings. The van der Waals surface area contributed by atoms with Crippen LogP contribution in [0.4, 0.5) is 0 Å². The lowest BCUT2D eigenvalue weighted by atomic mass is 9.93. The monoisotopic (exact) mass is 301 g/mol. The highest BCUT2D eigenvalue weighted by molar-refractivity contribution is 6.30. The van der Waals surface area contributed by atoms with Crippen LogP contribution in [-0.2, 0) is 6.42 Å². The van der Waals surface area contributed by atoms with Crippen LogP contribution in [0.5, 0.6) is 5.75 Å². The molecule has 21 heavy (non-hydrogen) atoms. The number of rotatable bonds is 4. The van der Waals surface area contributed by atoms with E-state index in [1.165, 1.54) is 16.7 Å². The van der Waals surface area contributed by atoms with Gasteiger partial charge in [-0.1, -0.05) is 48.9 Å². The van der Waals surface area contributed by atoms with E-state index >= 15 is 0 Å². The van der Waals surface area contributed by atoms with E-state index in [2.05, 4.69) is 36.5 Å². The molecule has 1 unspecified atom stereocenters. The lowest BCUT2D eigenvalue weighted by molar-refractivity contribution is 0.283. The normalized spacial score (nSPS) is 15.1. The van der Waals surface area contributed by atoms with Crippen molar-refractivity contribution in [3.05, 3.63) is 64.2 Å². The lowest BCUT2D eigenvalue weighted by Gasteiger charge is -2.26. The zero-order valence-electron chi connectivity index (χ0n) is 12.2. The molecular formula is C18H20ClNO. The summed E-state index contributed by atoms with van der Waals surface area (Å²) >= 11 is 6.16. The number of hydrogen-bond donors (Lipinski definition) is 1. The van der Waals surface area contributed by atoms with Gasteiger partial charge in [0.15, 0.2) is 0 Å². The van der Waals surface area contributed by atoms with Crippen molar-refractivity contribution in [1.29, 1.82) is 0 Å². The molecule has 110 valence electrons. The van der Waals surface area contributed by atoms with E-state index in [4.69, 9.17) is 16.3 Å². The molecule has 3 heteroatoms. The third kappa shape index (κ3) is 3.07. The molecule has 1 atom stereocenters. The molecule has 0 bridgehead atoms. The summed E-state index contributed by atoms with van der Waals surface area (Å²) in [5.74, 6) is 1.05. The van der Waals surface area contributed by atoms with Crippen LogP contribution >= 0.6 is 11.6 Å². The Balaban J connectivity index is 2.05. The molecule has 3 rings (SSSR count). The number of ether oxygens (including phenoxy) is 1. The van der Waals surface area contributed by atoms with Crippen LogP contribution in [-0.4, -0.2) is 13.2 Å². The second kappa shape index (κ2) is 6.50. The predicted molar refractivity (Wildman–Crippen MR) is 87.2 cm³/mol. The van der Waals surface area contributed by atoms with Crippen molar-refractivity contribution in [1.82, 2.24) is 5.32 Å². The van der Waals surface area contributed by atoms with Crippen LogP contribution in [0, 0.1) is 0 Å². The van der Waals surface area contributed by atoms with Crippen molar-refractivity contribution in [3.63, 3.8) is 0 Å². The first-order valence-electron chi connectivity index (χ1n) is 7.53. The highest BCUT2D eigenvalue weighted by Gasteiger charge is 2.21. The molecule has 2 nitrogen and oxygen atoms in total. The van der Waals surface area contributed by atoms with E-state index < -0.39 is 0 Å². The summed E-state index contributed by atoms with van der Waals surface area (Å²) in [6.45, 7) is 3.81. The Bertz CT molecular complexity index is 626. The summed E-state index contributed by atoms with van der Waals surface area (Å²) in [4.78, 5) is 0. The largest absolute Gasteiger partial charge is 0.493 e. The zero-order valence-corrected chi connectivity index (χ0v) is 13.0. The van der Waals surface area contributed by atoms with E-state index in [9.17, 15) is 0 Å². The van der Waals surface area contributed by atoms with E-state index in [1.807, 2.05) is 18.2 Å². The van der Waals surface area contributed by atoms with Gasteiger partial charge in [-0.15, -0.1) is 0 Å². The van der Waals surface area contributed by atoms with Gasteiger partial charge in [0.2, 0.25) is 0 Å². The standard InChI is InChI=1S/C18H20ClNO/c1-2-20-17(14-7-3-9-15(19)12-14)16-10-4-6-13-8-5-11-21-18(13)16/h3-4,6-7,9-10,12,17,20H,2,5,8,11H2,1H3. The second-order valence-corrected chi connectivity index (χ2v) is 5.77. The van der Waals surface area contributed by atoms with Crippen molar-refractivity contribution in [2.24, 2.45) is 0 Å². The van der Waals surface area contributed by atoms with E-state index in [0.717, 1.165) is 36.8 Å².